The summed E-state index contributed by atoms with van der Waals surface area (Å²) in [7, 11) is 0. The fraction of sp³-hybridized carbons (Fsp3) is 0. The molecule has 13 heavy (non-hydrogen) atoms. The summed E-state index contributed by atoms with van der Waals surface area (Å²) in [4.78, 5) is 20.8. The third kappa shape index (κ3) is 2.94. The minimum absolute atomic E-state index is 0. The van der Waals surface area contributed by atoms with Gasteiger partial charge in [-0.25, -0.2) is 0 Å². The molecule has 0 heterocycles. The Morgan fingerprint density at radius 3 is 1.77 bits per heavy atom. The van der Waals surface area contributed by atoms with Crippen LogP contribution < -0.4 is 29.7 Å². The maximum Gasteiger partial charge on any atom is 1.00 e. The van der Waals surface area contributed by atoms with Gasteiger partial charge in [-0.1, -0.05) is 12.1 Å². The van der Waals surface area contributed by atoms with Crippen molar-refractivity contribution >= 4 is 11.9 Å². The van der Waals surface area contributed by atoms with E-state index in [4.69, 9.17) is 5.73 Å². The predicted octanol–water partition coefficient (Wildman–Crippen LogP) is -3.85. The molecular formula is C8H6LiNO3. The first-order valence-electron chi connectivity index (χ1n) is 3.22. The van der Waals surface area contributed by atoms with Crippen molar-refractivity contribution in [3.05, 3.63) is 35.4 Å². The maximum atomic E-state index is 10.5. The maximum absolute atomic E-state index is 10.5. The van der Waals surface area contributed by atoms with E-state index >= 15 is 0 Å². The number of carbonyl (C=O) groups is 2. The van der Waals surface area contributed by atoms with Crippen molar-refractivity contribution in [2.75, 3.05) is 0 Å². The van der Waals surface area contributed by atoms with Gasteiger partial charge in [-0.15, -0.1) is 0 Å². The van der Waals surface area contributed by atoms with E-state index in [0.29, 0.717) is 0 Å². The van der Waals surface area contributed by atoms with Crippen LogP contribution >= 0.6 is 0 Å². The standard InChI is InChI=1S/C8H7NO3.Li/c9-7(10)5-1-3-6(4-2-5)8(11)12;/h1-4H,(H2,9,10)(H,11,12);/q;+1/p-1. The molecule has 1 aromatic rings. The van der Waals surface area contributed by atoms with E-state index in [9.17, 15) is 14.7 Å². The van der Waals surface area contributed by atoms with Crippen LogP contribution in [0.3, 0.4) is 0 Å². The van der Waals surface area contributed by atoms with Crippen molar-refractivity contribution in [1.82, 2.24) is 0 Å². The SMILES string of the molecule is NC(=O)c1ccc(C(=O)[O-])cc1.[Li+]. The summed E-state index contributed by atoms with van der Waals surface area (Å²) in [5, 5.41) is 10.3. The summed E-state index contributed by atoms with van der Waals surface area (Å²) in [5.74, 6) is -1.86. The minimum Gasteiger partial charge on any atom is -0.545 e. The summed E-state index contributed by atoms with van der Waals surface area (Å²) in [6, 6.07) is 5.23. The van der Waals surface area contributed by atoms with E-state index in [-0.39, 0.29) is 30.0 Å². The van der Waals surface area contributed by atoms with Gasteiger partial charge in [0.25, 0.3) is 0 Å². The van der Waals surface area contributed by atoms with Gasteiger partial charge in [0.05, 0.1) is 5.97 Å². The Hall–Kier alpha value is -1.24. The van der Waals surface area contributed by atoms with Gasteiger partial charge in [-0.05, 0) is 17.7 Å². The third-order valence-electron chi connectivity index (χ3n) is 1.41. The van der Waals surface area contributed by atoms with Crippen LogP contribution in [-0.2, 0) is 0 Å². The van der Waals surface area contributed by atoms with Crippen molar-refractivity contribution in [2.24, 2.45) is 5.73 Å². The Kier molecular flexibility index (Phi) is 4.25. The third-order valence-corrected chi connectivity index (χ3v) is 1.41. The zero-order valence-electron chi connectivity index (χ0n) is 7.11. The minimum atomic E-state index is -1.27. The molecule has 62 valence electrons. The molecule has 0 aliphatic heterocycles. The largest absolute Gasteiger partial charge is 1.00 e. The summed E-state index contributed by atoms with van der Waals surface area (Å²) in [6.45, 7) is 0. The number of aromatic carboxylic acids is 1. The molecule has 1 aromatic carbocycles. The molecule has 2 N–H and O–H groups in total. The van der Waals surface area contributed by atoms with Crippen molar-refractivity contribution in [3.63, 3.8) is 0 Å². The number of hydrogen-bond donors (Lipinski definition) is 1. The van der Waals surface area contributed by atoms with Crippen LogP contribution in [0.2, 0.25) is 0 Å². The van der Waals surface area contributed by atoms with E-state index < -0.39 is 11.9 Å². The Morgan fingerprint density at radius 1 is 1.08 bits per heavy atom. The van der Waals surface area contributed by atoms with Crippen molar-refractivity contribution < 1.29 is 33.6 Å². The first-order chi connectivity index (χ1) is 5.61. The number of amides is 1. The molecule has 0 spiro atoms. The second kappa shape index (κ2) is 4.70. The summed E-state index contributed by atoms with van der Waals surface area (Å²) in [6.07, 6.45) is 0. The molecule has 1 amide bonds. The van der Waals surface area contributed by atoms with Crippen LogP contribution in [-0.4, -0.2) is 11.9 Å². The monoisotopic (exact) mass is 171 g/mol. The van der Waals surface area contributed by atoms with Gasteiger partial charge in [0, 0.05) is 5.56 Å². The van der Waals surface area contributed by atoms with E-state index in [2.05, 4.69) is 0 Å². The number of benzene rings is 1. The van der Waals surface area contributed by atoms with Crippen LogP contribution in [0.25, 0.3) is 0 Å². The molecule has 0 saturated heterocycles. The zero-order chi connectivity index (χ0) is 9.14. The molecule has 0 aliphatic rings. The number of hydrogen-bond acceptors (Lipinski definition) is 3. The molecule has 0 atom stereocenters. The summed E-state index contributed by atoms with van der Waals surface area (Å²) < 4.78 is 0. The van der Waals surface area contributed by atoms with Crippen LogP contribution in [0.1, 0.15) is 20.7 Å². The van der Waals surface area contributed by atoms with Gasteiger partial charge in [0.15, 0.2) is 0 Å². The zero-order valence-corrected chi connectivity index (χ0v) is 7.11. The smallest absolute Gasteiger partial charge is 0.545 e. The van der Waals surface area contributed by atoms with E-state index in [1.54, 1.807) is 0 Å². The average molecular weight is 171 g/mol. The molecule has 0 aromatic heterocycles. The molecule has 1 rings (SSSR count). The van der Waals surface area contributed by atoms with E-state index in [1.807, 2.05) is 0 Å². The van der Waals surface area contributed by atoms with Gasteiger partial charge in [0.1, 0.15) is 0 Å². The summed E-state index contributed by atoms with van der Waals surface area (Å²) in [5.41, 5.74) is 5.24. The first-order valence-corrected chi connectivity index (χ1v) is 3.22. The van der Waals surface area contributed by atoms with Gasteiger partial charge in [-0.3, -0.25) is 4.79 Å². The van der Waals surface area contributed by atoms with Crippen molar-refractivity contribution in [3.8, 4) is 0 Å². The van der Waals surface area contributed by atoms with E-state index in [1.165, 1.54) is 24.3 Å². The Morgan fingerprint density at radius 2 is 1.46 bits per heavy atom. The second-order valence-corrected chi connectivity index (χ2v) is 2.23. The molecule has 5 heteroatoms. The molecular weight excluding hydrogens is 165 g/mol. The second-order valence-electron chi connectivity index (χ2n) is 2.23. The van der Waals surface area contributed by atoms with E-state index in [0.717, 1.165) is 0 Å². The normalized spacial score (nSPS) is 8.62. The van der Waals surface area contributed by atoms with Crippen molar-refractivity contribution in [2.45, 2.75) is 0 Å². The number of nitrogens with two attached hydrogens (primary N) is 1. The molecule has 0 radical (unpaired) electrons. The van der Waals surface area contributed by atoms with Crippen molar-refractivity contribution in [1.29, 1.82) is 0 Å². The number of carbonyl (C=O) groups excluding carboxylic acids is 2. The van der Waals surface area contributed by atoms with Crippen LogP contribution in [0.5, 0.6) is 0 Å². The Labute approximate surface area is 86.9 Å². The van der Waals surface area contributed by atoms with Gasteiger partial charge in [-0.2, -0.15) is 0 Å². The average Bonchev–Trinajstić information content (AvgIpc) is 2.04. The number of carboxylic acid groups (broad SMARTS) is 1. The Balaban J connectivity index is 0.00000144. The first kappa shape index (κ1) is 11.8. The van der Waals surface area contributed by atoms with Gasteiger partial charge in [0.2, 0.25) is 5.91 Å². The fourth-order valence-electron chi connectivity index (χ4n) is 0.771. The molecule has 4 nitrogen and oxygen atoms in total. The number of primary amides is 1. The molecule has 0 saturated carbocycles. The molecule has 0 fully saturated rings. The Bertz CT molecular complexity index is 288. The molecule has 0 unspecified atom stereocenters. The van der Waals surface area contributed by atoms with Crippen LogP contribution in [0.4, 0.5) is 0 Å². The number of carboxylic acids is 1. The molecule has 0 aliphatic carbocycles. The predicted molar refractivity (Wildman–Crippen MR) is 39.3 cm³/mol. The van der Waals surface area contributed by atoms with Gasteiger partial charge >= 0.3 is 18.9 Å². The molecule has 0 bridgehead atoms. The number of rotatable bonds is 2. The van der Waals surface area contributed by atoms with Gasteiger partial charge < -0.3 is 15.6 Å². The van der Waals surface area contributed by atoms with Crippen LogP contribution in [0, 0.1) is 0 Å². The quantitative estimate of drug-likeness (QED) is 0.462. The van der Waals surface area contributed by atoms with Crippen LogP contribution in [0.15, 0.2) is 24.3 Å². The summed E-state index contributed by atoms with van der Waals surface area (Å²) >= 11 is 0. The topological polar surface area (TPSA) is 83.2 Å². The fourth-order valence-corrected chi connectivity index (χ4v) is 0.771.